The molecule has 0 heterocycles. The van der Waals surface area contributed by atoms with Crippen molar-refractivity contribution in [2.45, 2.75) is 19.9 Å². The summed E-state index contributed by atoms with van der Waals surface area (Å²) in [5, 5.41) is 0. The number of aryl methyl sites for hydroxylation is 1. The monoisotopic (exact) mass is 383 g/mol. The highest BCUT2D eigenvalue weighted by molar-refractivity contribution is 9.10. The Morgan fingerprint density at radius 1 is 1.05 bits per heavy atom. The number of hydrogen-bond donors (Lipinski definition) is 1. The largest absolute Gasteiger partial charge is 0.456 e. The van der Waals surface area contributed by atoms with E-state index in [4.69, 9.17) is 10.5 Å². The van der Waals surface area contributed by atoms with Gasteiger partial charge in [-0.15, -0.1) is 0 Å². The van der Waals surface area contributed by atoms with Crippen LogP contribution in [0.4, 0.5) is 0 Å². The van der Waals surface area contributed by atoms with Crippen molar-refractivity contribution in [3.05, 3.63) is 56.5 Å². The highest BCUT2D eigenvalue weighted by Gasteiger charge is 2.08. The van der Waals surface area contributed by atoms with E-state index >= 15 is 0 Å². The van der Waals surface area contributed by atoms with Crippen molar-refractivity contribution >= 4 is 31.9 Å². The third kappa shape index (κ3) is 3.59. The summed E-state index contributed by atoms with van der Waals surface area (Å²) < 4.78 is 7.77. The highest BCUT2D eigenvalue weighted by atomic mass is 79.9. The Balaban J connectivity index is 2.26. The molecule has 2 aromatic carbocycles. The maximum absolute atomic E-state index is 5.88. The smallest absolute Gasteiger partial charge is 0.141 e. The van der Waals surface area contributed by atoms with E-state index in [2.05, 4.69) is 31.9 Å². The maximum Gasteiger partial charge on any atom is 0.141 e. The van der Waals surface area contributed by atoms with Gasteiger partial charge in [0.05, 0.1) is 4.47 Å². The van der Waals surface area contributed by atoms with Crippen molar-refractivity contribution in [2.24, 2.45) is 5.73 Å². The molecule has 2 nitrogen and oxygen atoms in total. The predicted molar refractivity (Wildman–Crippen MR) is 85.7 cm³/mol. The van der Waals surface area contributed by atoms with Gasteiger partial charge in [-0.3, -0.25) is 0 Å². The van der Waals surface area contributed by atoms with Gasteiger partial charge in [0.2, 0.25) is 0 Å². The third-order valence-electron chi connectivity index (χ3n) is 2.78. The van der Waals surface area contributed by atoms with Crippen molar-refractivity contribution in [2.75, 3.05) is 0 Å². The van der Waals surface area contributed by atoms with E-state index in [0.717, 1.165) is 26.0 Å². The predicted octanol–water partition coefficient (Wildman–Crippen LogP) is 5.33. The van der Waals surface area contributed by atoms with Crippen molar-refractivity contribution in [1.82, 2.24) is 0 Å². The van der Waals surface area contributed by atoms with E-state index in [0.29, 0.717) is 0 Å². The molecular formula is C15H15Br2NO. The van der Waals surface area contributed by atoms with Crippen LogP contribution in [0.1, 0.15) is 24.1 Å². The van der Waals surface area contributed by atoms with E-state index in [1.165, 1.54) is 5.56 Å². The molecule has 4 heteroatoms. The minimum atomic E-state index is -0.00506. The number of hydrogen-bond acceptors (Lipinski definition) is 2. The van der Waals surface area contributed by atoms with E-state index in [9.17, 15) is 0 Å². The van der Waals surface area contributed by atoms with Crippen molar-refractivity contribution in [3.63, 3.8) is 0 Å². The first kappa shape index (κ1) is 14.6. The van der Waals surface area contributed by atoms with Gasteiger partial charge in [-0.1, -0.05) is 28.1 Å². The van der Waals surface area contributed by atoms with Gasteiger partial charge in [0.1, 0.15) is 11.5 Å². The molecule has 1 unspecified atom stereocenters. The van der Waals surface area contributed by atoms with E-state index in [1.807, 2.05) is 50.2 Å². The second kappa shape index (κ2) is 6.07. The van der Waals surface area contributed by atoms with Crippen LogP contribution in [-0.4, -0.2) is 0 Å². The normalized spacial score (nSPS) is 12.3. The molecule has 2 N–H and O–H groups in total. The summed E-state index contributed by atoms with van der Waals surface area (Å²) in [5.74, 6) is 1.58. The molecular weight excluding hydrogens is 370 g/mol. The van der Waals surface area contributed by atoms with Crippen LogP contribution < -0.4 is 10.5 Å². The molecule has 0 aliphatic rings. The molecule has 2 rings (SSSR count). The molecule has 0 spiro atoms. The maximum atomic E-state index is 5.88. The number of nitrogens with two attached hydrogens (primary N) is 1. The van der Waals surface area contributed by atoms with Crippen LogP contribution in [-0.2, 0) is 0 Å². The lowest BCUT2D eigenvalue weighted by Crippen LogP contribution is -2.05. The number of benzene rings is 2. The number of halogens is 2. The van der Waals surface area contributed by atoms with E-state index < -0.39 is 0 Å². The fraction of sp³-hybridized carbons (Fsp3) is 0.200. The second-order valence-electron chi connectivity index (χ2n) is 4.51. The lowest BCUT2D eigenvalue weighted by molar-refractivity contribution is 0.478. The summed E-state index contributed by atoms with van der Waals surface area (Å²) in [7, 11) is 0. The van der Waals surface area contributed by atoms with Gasteiger partial charge in [-0.05, 0) is 65.2 Å². The summed E-state index contributed by atoms with van der Waals surface area (Å²) in [6.07, 6.45) is 0. The fourth-order valence-electron chi connectivity index (χ4n) is 1.76. The van der Waals surface area contributed by atoms with Crippen molar-refractivity contribution < 1.29 is 4.74 Å². The van der Waals surface area contributed by atoms with Crippen LogP contribution in [0.3, 0.4) is 0 Å². The van der Waals surface area contributed by atoms with E-state index in [-0.39, 0.29) is 6.04 Å². The fourth-order valence-corrected chi connectivity index (χ4v) is 3.05. The van der Waals surface area contributed by atoms with Gasteiger partial charge in [-0.25, -0.2) is 0 Å². The molecule has 0 aliphatic heterocycles. The molecule has 1 atom stereocenters. The van der Waals surface area contributed by atoms with Crippen LogP contribution >= 0.6 is 31.9 Å². The topological polar surface area (TPSA) is 35.2 Å². The standard InChI is InChI=1S/C15H15Br2NO/c1-9-3-6-15(14(17)7-9)19-11-4-5-12(10(2)18)13(16)8-11/h3-8,10H,18H2,1-2H3. The first-order valence-electron chi connectivity index (χ1n) is 5.96. The first-order valence-corrected chi connectivity index (χ1v) is 7.55. The molecule has 0 aromatic heterocycles. The lowest BCUT2D eigenvalue weighted by atomic mass is 10.1. The molecule has 0 aliphatic carbocycles. The Kier molecular flexibility index (Phi) is 4.66. The Labute approximate surface area is 130 Å². The average Bonchev–Trinajstić information content (AvgIpc) is 2.32. The molecule has 0 saturated heterocycles. The molecule has 100 valence electrons. The summed E-state index contributed by atoms with van der Waals surface area (Å²) in [6.45, 7) is 4.00. The van der Waals surface area contributed by atoms with Gasteiger partial charge in [0.15, 0.2) is 0 Å². The quantitative estimate of drug-likeness (QED) is 0.775. The zero-order valence-corrected chi connectivity index (χ0v) is 14.0. The van der Waals surface area contributed by atoms with Crippen LogP contribution in [0.25, 0.3) is 0 Å². The zero-order valence-electron chi connectivity index (χ0n) is 10.8. The average molecular weight is 385 g/mol. The summed E-state index contributed by atoms with van der Waals surface area (Å²) in [4.78, 5) is 0. The summed E-state index contributed by atoms with van der Waals surface area (Å²) in [5.41, 5.74) is 8.13. The molecule has 0 amide bonds. The van der Waals surface area contributed by atoms with Crippen LogP contribution in [0, 0.1) is 6.92 Å². The van der Waals surface area contributed by atoms with E-state index in [1.54, 1.807) is 0 Å². The Morgan fingerprint density at radius 2 is 1.79 bits per heavy atom. The Morgan fingerprint density at radius 3 is 2.37 bits per heavy atom. The molecule has 0 bridgehead atoms. The van der Waals surface area contributed by atoms with Crippen LogP contribution in [0.15, 0.2) is 45.3 Å². The highest BCUT2D eigenvalue weighted by Crippen LogP contribution is 2.33. The SMILES string of the molecule is Cc1ccc(Oc2ccc(C(C)N)c(Br)c2)c(Br)c1. The molecule has 2 aromatic rings. The number of rotatable bonds is 3. The zero-order chi connectivity index (χ0) is 14.0. The molecule has 0 fully saturated rings. The first-order chi connectivity index (χ1) is 8.97. The molecule has 0 radical (unpaired) electrons. The lowest BCUT2D eigenvalue weighted by Gasteiger charge is -2.12. The van der Waals surface area contributed by atoms with Gasteiger partial charge >= 0.3 is 0 Å². The summed E-state index contributed by atoms with van der Waals surface area (Å²) >= 11 is 7.02. The van der Waals surface area contributed by atoms with Crippen molar-refractivity contribution in [1.29, 1.82) is 0 Å². The minimum absolute atomic E-state index is 0.00506. The minimum Gasteiger partial charge on any atom is -0.456 e. The van der Waals surface area contributed by atoms with Crippen LogP contribution in [0.5, 0.6) is 11.5 Å². The second-order valence-corrected chi connectivity index (χ2v) is 6.22. The van der Waals surface area contributed by atoms with Gasteiger partial charge in [0, 0.05) is 10.5 Å². The number of ether oxygens (including phenoxy) is 1. The van der Waals surface area contributed by atoms with Gasteiger partial charge in [0.25, 0.3) is 0 Å². The van der Waals surface area contributed by atoms with Gasteiger partial charge < -0.3 is 10.5 Å². The van der Waals surface area contributed by atoms with Crippen molar-refractivity contribution in [3.8, 4) is 11.5 Å². The summed E-state index contributed by atoms with van der Waals surface area (Å²) in [6, 6.07) is 11.8. The Bertz CT molecular complexity index is 597. The Hall–Kier alpha value is -0.840. The molecule has 19 heavy (non-hydrogen) atoms. The molecule has 0 saturated carbocycles. The van der Waals surface area contributed by atoms with Crippen LogP contribution in [0.2, 0.25) is 0 Å². The van der Waals surface area contributed by atoms with Gasteiger partial charge in [-0.2, -0.15) is 0 Å². The third-order valence-corrected chi connectivity index (χ3v) is 4.08.